The second-order valence-corrected chi connectivity index (χ2v) is 4.02. The van der Waals surface area contributed by atoms with Gasteiger partial charge >= 0.3 is 0 Å². The minimum atomic E-state index is 0.0379. The van der Waals surface area contributed by atoms with Gasteiger partial charge in [-0.25, -0.2) is 5.84 Å². The number of nitrogens with one attached hydrogen (secondary N) is 2. The van der Waals surface area contributed by atoms with Crippen LogP contribution < -0.4 is 16.6 Å². The first-order chi connectivity index (χ1) is 8.81. The van der Waals surface area contributed by atoms with Crippen LogP contribution in [0.5, 0.6) is 0 Å². The van der Waals surface area contributed by atoms with E-state index in [1.54, 1.807) is 0 Å². The van der Waals surface area contributed by atoms with Gasteiger partial charge in [0.2, 0.25) is 0 Å². The van der Waals surface area contributed by atoms with Crippen LogP contribution >= 0.6 is 0 Å². The van der Waals surface area contributed by atoms with Crippen molar-refractivity contribution in [3.63, 3.8) is 0 Å². The number of benzene rings is 2. The zero-order chi connectivity index (χ0) is 12.8. The average Bonchev–Trinajstić information content (AvgIpc) is 2.46. The van der Waals surface area contributed by atoms with Crippen LogP contribution in [0, 0.1) is 0 Å². The highest BCUT2D eigenvalue weighted by molar-refractivity contribution is 5.32. The molecule has 92 valence electrons. The lowest BCUT2D eigenvalue weighted by Crippen LogP contribution is -2.33. The van der Waals surface area contributed by atoms with E-state index in [1.807, 2.05) is 36.4 Å². The molecule has 0 aromatic heterocycles. The monoisotopic (exact) mass is 239 g/mol. The Labute approximate surface area is 107 Å². The highest BCUT2D eigenvalue weighted by atomic mass is 15.3. The molecule has 2 aromatic carbocycles. The molecule has 0 bridgehead atoms. The van der Waals surface area contributed by atoms with Crippen molar-refractivity contribution < 1.29 is 0 Å². The summed E-state index contributed by atoms with van der Waals surface area (Å²) in [5, 5.41) is 3.27. The molecular weight excluding hydrogens is 222 g/mol. The van der Waals surface area contributed by atoms with E-state index < -0.39 is 0 Å². The number of hydrazine groups is 1. The van der Waals surface area contributed by atoms with Gasteiger partial charge in [-0.2, -0.15) is 0 Å². The Morgan fingerprint density at radius 1 is 0.889 bits per heavy atom. The molecule has 0 amide bonds. The third-order valence-corrected chi connectivity index (χ3v) is 2.76. The average molecular weight is 239 g/mol. The molecule has 0 atom stereocenters. The largest absolute Gasteiger partial charge is 0.360 e. The molecule has 0 fully saturated rings. The Morgan fingerprint density at radius 3 is 1.72 bits per heavy atom. The predicted octanol–water partition coefficient (Wildman–Crippen LogP) is 2.30. The quantitative estimate of drug-likeness (QED) is 0.554. The fourth-order valence-electron chi connectivity index (χ4n) is 1.87. The number of hydrogen-bond acceptors (Lipinski definition) is 3. The van der Waals surface area contributed by atoms with E-state index in [1.165, 1.54) is 11.1 Å². The van der Waals surface area contributed by atoms with Crippen molar-refractivity contribution in [2.45, 2.75) is 6.04 Å². The van der Waals surface area contributed by atoms with Gasteiger partial charge in [0.1, 0.15) is 5.82 Å². The molecule has 0 unspecified atom stereocenters. The standard InChI is InChI=1S/C15H17N3/c1-12(18-16)17-15(13-8-4-2-5-9-13)14-10-6-3-7-11-14/h2-11,15,17-18H,1,16H2. The summed E-state index contributed by atoms with van der Waals surface area (Å²) < 4.78 is 0. The zero-order valence-corrected chi connectivity index (χ0v) is 10.1. The van der Waals surface area contributed by atoms with Crippen LogP contribution in [0.4, 0.5) is 0 Å². The van der Waals surface area contributed by atoms with Crippen LogP contribution in [0.1, 0.15) is 17.2 Å². The lowest BCUT2D eigenvalue weighted by molar-refractivity contribution is 0.636. The number of hydrogen-bond donors (Lipinski definition) is 3. The van der Waals surface area contributed by atoms with Crippen LogP contribution in [0.3, 0.4) is 0 Å². The van der Waals surface area contributed by atoms with Gasteiger partial charge < -0.3 is 10.7 Å². The smallest absolute Gasteiger partial charge is 0.106 e. The van der Waals surface area contributed by atoms with Crippen molar-refractivity contribution in [1.82, 2.24) is 10.7 Å². The van der Waals surface area contributed by atoms with Gasteiger partial charge in [-0.15, -0.1) is 0 Å². The van der Waals surface area contributed by atoms with Crippen LogP contribution in [-0.2, 0) is 0 Å². The minimum Gasteiger partial charge on any atom is -0.360 e. The van der Waals surface area contributed by atoms with Gasteiger partial charge in [0.05, 0.1) is 6.04 Å². The maximum atomic E-state index is 5.36. The first-order valence-corrected chi connectivity index (χ1v) is 5.83. The maximum Gasteiger partial charge on any atom is 0.106 e. The van der Waals surface area contributed by atoms with Gasteiger partial charge in [0.15, 0.2) is 0 Å². The summed E-state index contributed by atoms with van der Waals surface area (Å²) >= 11 is 0. The van der Waals surface area contributed by atoms with E-state index in [2.05, 4.69) is 41.6 Å². The maximum absolute atomic E-state index is 5.36. The van der Waals surface area contributed by atoms with E-state index >= 15 is 0 Å². The third kappa shape index (κ3) is 2.90. The molecule has 0 aliphatic rings. The second kappa shape index (κ2) is 5.89. The molecular formula is C15H17N3. The summed E-state index contributed by atoms with van der Waals surface area (Å²) in [6.45, 7) is 3.82. The normalized spacial score (nSPS) is 10.1. The van der Waals surface area contributed by atoms with Gasteiger partial charge in [0.25, 0.3) is 0 Å². The van der Waals surface area contributed by atoms with Crippen molar-refractivity contribution in [3.8, 4) is 0 Å². The molecule has 0 aliphatic carbocycles. The third-order valence-electron chi connectivity index (χ3n) is 2.76. The Hall–Kier alpha value is -2.26. The summed E-state index contributed by atoms with van der Waals surface area (Å²) in [6.07, 6.45) is 0. The fourth-order valence-corrected chi connectivity index (χ4v) is 1.87. The van der Waals surface area contributed by atoms with Crippen molar-refractivity contribution in [2.24, 2.45) is 5.84 Å². The molecule has 3 nitrogen and oxygen atoms in total. The first kappa shape index (κ1) is 12.2. The number of nitrogens with two attached hydrogens (primary N) is 1. The van der Waals surface area contributed by atoms with Crippen LogP contribution in [0.15, 0.2) is 73.1 Å². The highest BCUT2D eigenvalue weighted by Gasteiger charge is 2.13. The Bertz CT molecular complexity index is 454. The molecule has 0 saturated carbocycles. The zero-order valence-electron chi connectivity index (χ0n) is 10.1. The fraction of sp³-hybridized carbons (Fsp3) is 0.0667. The molecule has 0 heterocycles. The molecule has 0 radical (unpaired) electrons. The van der Waals surface area contributed by atoms with E-state index in [0.29, 0.717) is 5.82 Å². The molecule has 0 aliphatic heterocycles. The lowest BCUT2D eigenvalue weighted by Gasteiger charge is -2.21. The van der Waals surface area contributed by atoms with Gasteiger partial charge in [-0.1, -0.05) is 67.2 Å². The summed E-state index contributed by atoms with van der Waals surface area (Å²) in [6, 6.07) is 20.4. The van der Waals surface area contributed by atoms with Gasteiger partial charge in [0, 0.05) is 0 Å². The van der Waals surface area contributed by atoms with Crippen molar-refractivity contribution in [2.75, 3.05) is 0 Å². The van der Waals surface area contributed by atoms with Crippen LogP contribution in [0.2, 0.25) is 0 Å². The van der Waals surface area contributed by atoms with Gasteiger partial charge in [-0.05, 0) is 11.1 Å². The molecule has 3 heteroatoms. The summed E-state index contributed by atoms with van der Waals surface area (Å²) in [5.41, 5.74) is 4.86. The number of rotatable bonds is 5. The van der Waals surface area contributed by atoms with Crippen LogP contribution in [0.25, 0.3) is 0 Å². The van der Waals surface area contributed by atoms with Crippen molar-refractivity contribution in [3.05, 3.63) is 84.2 Å². The van der Waals surface area contributed by atoms with Crippen molar-refractivity contribution >= 4 is 0 Å². The van der Waals surface area contributed by atoms with E-state index in [-0.39, 0.29) is 6.04 Å². The highest BCUT2D eigenvalue weighted by Crippen LogP contribution is 2.22. The SMILES string of the molecule is C=C(NN)NC(c1ccccc1)c1ccccc1. The molecule has 18 heavy (non-hydrogen) atoms. The predicted molar refractivity (Wildman–Crippen MR) is 74.3 cm³/mol. The minimum absolute atomic E-state index is 0.0379. The van der Waals surface area contributed by atoms with Crippen LogP contribution in [-0.4, -0.2) is 0 Å². The van der Waals surface area contributed by atoms with Gasteiger partial charge in [-0.3, -0.25) is 0 Å². The Morgan fingerprint density at radius 2 is 1.33 bits per heavy atom. The topological polar surface area (TPSA) is 50.1 Å². The lowest BCUT2D eigenvalue weighted by atomic mass is 9.99. The van der Waals surface area contributed by atoms with E-state index in [9.17, 15) is 0 Å². The first-order valence-electron chi connectivity index (χ1n) is 5.83. The molecule has 2 aromatic rings. The van der Waals surface area contributed by atoms with E-state index in [4.69, 9.17) is 5.84 Å². The molecule has 2 rings (SSSR count). The second-order valence-electron chi connectivity index (χ2n) is 4.02. The summed E-state index contributed by atoms with van der Waals surface area (Å²) in [7, 11) is 0. The summed E-state index contributed by atoms with van der Waals surface area (Å²) in [4.78, 5) is 0. The molecule has 0 saturated heterocycles. The van der Waals surface area contributed by atoms with E-state index in [0.717, 1.165) is 0 Å². The Balaban J connectivity index is 2.32. The molecule has 4 N–H and O–H groups in total. The van der Waals surface area contributed by atoms with Crippen molar-refractivity contribution in [1.29, 1.82) is 0 Å². The Kier molecular flexibility index (Phi) is 3.99. The summed E-state index contributed by atoms with van der Waals surface area (Å²) in [5.74, 6) is 5.95. The molecule has 0 spiro atoms.